The van der Waals surface area contributed by atoms with E-state index in [9.17, 15) is 24.6 Å². The molecule has 1 heterocycles. The van der Waals surface area contributed by atoms with Gasteiger partial charge in [0.05, 0.1) is 0 Å². The van der Waals surface area contributed by atoms with E-state index in [0.717, 1.165) is 24.1 Å². The molecule has 1 saturated heterocycles. The van der Waals surface area contributed by atoms with E-state index in [1.165, 1.54) is 23.8 Å². The van der Waals surface area contributed by atoms with Crippen molar-refractivity contribution in [1.82, 2.24) is 4.90 Å². The maximum absolute atomic E-state index is 13.5. The predicted octanol–water partition coefficient (Wildman–Crippen LogP) is 4.93. The van der Waals surface area contributed by atoms with Crippen molar-refractivity contribution >= 4 is 29.5 Å². The number of ketones is 1. The highest BCUT2D eigenvalue weighted by Gasteiger charge is 2.40. The lowest BCUT2D eigenvalue weighted by Gasteiger charge is -2.46. The Hall–Kier alpha value is -3.65. The van der Waals surface area contributed by atoms with E-state index in [4.69, 9.17) is 5.11 Å². The second kappa shape index (κ2) is 10.5. The molecule has 0 aromatic heterocycles. The van der Waals surface area contributed by atoms with Crippen LogP contribution in [0, 0.1) is 0 Å². The van der Waals surface area contributed by atoms with E-state index in [-0.39, 0.29) is 27.9 Å². The van der Waals surface area contributed by atoms with Gasteiger partial charge in [0.1, 0.15) is 17.4 Å². The monoisotopic (exact) mass is 534 g/mol. The lowest BCUT2D eigenvalue weighted by molar-refractivity contribution is -0.142. The van der Waals surface area contributed by atoms with Gasteiger partial charge in [-0.3, -0.25) is 14.5 Å². The van der Waals surface area contributed by atoms with Crippen molar-refractivity contribution in [3.8, 4) is 5.75 Å². The second-order valence-corrected chi connectivity index (χ2v) is 12.0. The van der Waals surface area contributed by atoms with E-state index < -0.39 is 18.0 Å². The fraction of sp³-hybridized carbons (Fsp3) is 0.452. The molecule has 208 valence electrons. The molecule has 0 spiro atoms. The first-order chi connectivity index (χ1) is 18.2. The van der Waals surface area contributed by atoms with Crippen LogP contribution in [-0.4, -0.2) is 70.2 Å². The first-order valence-corrected chi connectivity index (χ1v) is 13.4. The van der Waals surface area contributed by atoms with E-state index in [2.05, 4.69) is 32.6 Å². The second-order valence-electron chi connectivity index (χ2n) is 12.0. The number of piperazine rings is 1. The summed E-state index contributed by atoms with van der Waals surface area (Å²) in [5.74, 6) is -2.58. The first kappa shape index (κ1) is 28.4. The topological polar surface area (TPSA) is 118 Å². The molecule has 0 saturated carbocycles. The van der Waals surface area contributed by atoms with Gasteiger partial charge in [0.2, 0.25) is 0 Å². The van der Waals surface area contributed by atoms with Gasteiger partial charge in [0.25, 0.3) is 0 Å². The summed E-state index contributed by atoms with van der Waals surface area (Å²) in [4.78, 5) is 40.4. The van der Waals surface area contributed by atoms with Crippen molar-refractivity contribution in [2.24, 2.45) is 0 Å². The molecule has 0 radical (unpaired) electrons. The van der Waals surface area contributed by atoms with Crippen molar-refractivity contribution < 1.29 is 29.7 Å². The van der Waals surface area contributed by atoms with E-state index >= 15 is 0 Å². The number of allylic oxidation sites excluding steroid dienone is 1. The van der Waals surface area contributed by atoms with Crippen LogP contribution < -0.4 is 4.90 Å². The maximum atomic E-state index is 13.5. The van der Waals surface area contributed by atoms with Gasteiger partial charge in [0.15, 0.2) is 5.78 Å². The highest BCUT2D eigenvalue weighted by atomic mass is 16.4. The third-order valence-electron chi connectivity index (χ3n) is 8.42. The molecular weight excluding hydrogens is 496 g/mol. The maximum Gasteiger partial charge on any atom is 0.339 e. The Morgan fingerprint density at radius 1 is 0.923 bits per heavy atom. The molecule has 2 aromatic carbocycles. The molecule has 3 N–H and O–H groups in total. The fourth-order valence-corrected chi connectivity index (χ4v) is 5.76. The van der Waals surface area contributed by atoms with Crippen molar-refractivity contribution in [1.29, 1.82) is 0 Å². The molecule has 8 nitrogen and oxygen atoms in total. The van der Waals surface area contributed by atoms with Crippen LogP contribution in [0.25, 0.3) is 6.08 Å². The minimum Gasteiger partial charge on any atom is -0.507 e. The molecule has 2 aliphatic rings. The van der Waals surface area contributed by atoms with E-state index in [1.807, 2.05) is 17.0 Å². The molecule has 1 fully saturated rings. The van der Waals surface area contributed by atoms with Gasteiger partial charge >= 0.3 is 11.9 Å². The average Bonchev–Trinajstić information content (AvgIpc) is 2.88. The minimum atomic E-state index is -1.22. The number of carboxylic acids is 2. The van der Waals surface area contributed by atoms with Gasteiger partial charge in [0, 0.05) is 37.4 Å². The van der Waals surface area contributed by atoms with Gasteiger partial charge in [-0.1, -0.05) is 39.8 Å². The molecule has 1 atom stereocenters. The number of rotatable bonds is 7. The van der Waals surface area contributed by atoms with Gasteiger partial charge < -0.3 is 20.2 Å². The quantitative estimate of drug-likeness (QED) is 0.338. The highest BCUT2D eigenvalue weighted by Crippen LogP contribution is 2.50. The van der Waals surface area contributed by atoms with Crippen LogP contribution in [0.4, 0.5) is 5.69 Å². The summed E-state index contributed by atoms with van der Waals surface area (Å²) in [5.41, 5.74) is 4.16. The standard InChI is InChI=1S/C31H38N2O6/c1-19(28(36)37)32-12-14-33(15-13-32)24-18-21(17-23-27(24)31(4,5)11-10-30(23,2)3)25(34)9-7-20-6-8-22(29(38)39)26(35)16-20/h6-9,16-19,35H,10-15H2,1-5H3,(H,36,37)(H,38,39)/b9-7+. The Balaban J connectivity index is 1.71. The number of carbonyl (C=O) groups excluding carboxylic acids is 1. The molecule has 1 aliphatic carbocycles. The Morgan fingerprint density at radius 3 is 2.15 bits per heavy atom. The van der Waals surface area contributed by atoms with Crippen LogP contribution in [0.3, 0.4) is 0 Å². The number of aromatic hydroxyl groups is 1. The van der Waals surface area contributed by atoms with Crippen molar-refractivity contribution in [2.75, 3.05) is 31.1 Å². The summed E-state index contributed by atoms with van der Waals surface area (Å²) in [5, 5.41) is 28.6. The number of hydrogen-bond acceptors (Lipinski definition) is 6. The predicted molar refractivity (Wildman–Crippen MR) is 151 cm³/mol. The van der Waals surface area contributed by atoms with Crippen LogP contribution in [0.1, 0.15) is 84.9 Å². The molecule has 1 unspecified atom stereocenters. The number of benzene rings is 2. The van der Waals surface area contributed by atoms with Gasteiger partial charge in [-0.15, -0.1) is 0 Å². The SMILES string of the molecule is CC(C(=O)O)N1CCN(c2cc(C(=O)/C=C/c3ccc(C(=O)O)c(O)c3)cc3c2C(C)(C)CCC3(C)C)CC1. The van der Waals surface area contributed by atoms with Crippen LogP contribution in [0.15, 0.2) is 36.4 Å². The summed E-state index contributed by atoms with van der Waals surface area (Å²) in [6.45, 7) is 13.2. The number of carbonyl (C=O) groups is 3. The lowest BCUT2D eigenvalue weighted by Crippen LogP contribution is -2.52. The summed E-state index contributed by atoms with van der Waals surface area (Å²) in [7, 11) is 0. The molecule has 39 heavy (non-hydrogen) atoms. The normalized spacial score (nSPS) is 19.5. The largest absolute Gasteiger partial charge is 0.507 e. The molecule has 1 aliphatic heterocycles. The number of aromatic carboxylic acids is 1. The molecular formula is C31H38N2O6. The van der Waals surface area contributed by atoms with Crippen molar-refractivity contribution in [2.45, 2.75) is 64.3 Å². The average molecular weight is 535 g/mol. The summed E-state index contributed by atoms with van der Waals surface area (Å²) in [6.07, 6.45) is 5.06. The third kappa shape index (κ3) is 5.71. The van der Waals surface area contributed by atoms with Crippen LogP contribution >= 0.6 is 0 Å². The Morgan fingerprint density at radius 2 is 1.56 bits per heavy atom. The summed E-state index contributed by atoms with van der Waals surface area (Å²) in [6, 6.07) is 7.63. The van der Waals surface area contributed by atoms with E-state index in [0.29, 0.717) is 37.3 Å². The molecule has 4 rings (SSSR count). The Labute approximate surface area is 229 Å². The summed E-state index contributed by atoms with van der Waals surface area (Å²) < 4.78 is 0. The molecule has 2 aromatic rings. The molecule has 8 heteroatoms. The van der Waals surface area contributed by atoms with Gasteiger partial charge in [-0.05, 0) is 77.6 Å². The van der Waals surface area contributed by atoms with Crippen molar-refractivity contribution in [3.63, 3.8) is 0 Å². The first-order valence-electron chi connectivity index (χ1n) is 13.4. The lowest BCUT2D eigenvalue weighted by atomic mass is 9.62. The minimum absolute atomic E-state index is 0.0769. The third-order valence-corrected chi connectivity index (χ3v) is 8.42. The zero-order chi connectivity index (χ0) is 28.7. The molecule has 0 amide bonds. The van der Waals surface area contributed by atoms with Crippen LogP contribution in [0.2, 0.25) is 0 Å². The van der Waals surface area contributed by atoms with Gasteiger partial charge in [-0.25, -0.2) is 4.79 Å². The number of hydrogen-bond donors (Lipinski definition) is 3. The molecule has 0 bridgehead atoms. The fourth-order valence-electron chi connectivity index (χ4n) is 5.76. The Kier molecular flexibility index (Phi) is 7.63. The van der Waals surface area contributed by atoms with Crippen molar-refractivity contribution in [3.05, 3.63) is 64.2 Å². The van der Waals surface area contributed by atoms with E-state index in [1.54, 1.807) is 19.1 Å². The summed E-state index contributed by atoms with van der Waals surface area (Å²) >= 11 is 0. The number of aliphatic carboxylic acids is 1. The zero-order valence-electron chi connectivity index (χ0n) is 23.3. The number of nitrogens with zero attached hydrogens (tertiary/aromatic N) is 2. The van der Waals surface area contributed by atoms with Crippen LogP contribution in [-0.2, 0) is 15.6 Å². The number of carboxylic acid groups (broad SMARTS) is 2. The van der Waals surface area contributed by atoms with Gasteiger partial charge in [-0.2, -0.15) is 0 Å². The Bertz CT molecular complexity index is 1330. The number of fused-ring (bicyclic) bond motifs is 1. The smallest absolute Gasteiger partial charge is 0.339 e. The zero-order valence-corrected chi connectivity index (χ0v) is 23.3. The number of anilines is 1. The number of phenols is 1. The highest BCUT2D eigenvalue weighted by molar-refractivity contribution is 6.08. The van der Waals surface area contributed by atoms with Crippen LogP contribution in [0.5, 0.6) is 5.75 Å².